The number of hydrogen-bond acceptors (Lipinski definition) is 4. The van der Waals surface area contributed by atoms with Crippen LogP contribution in [0.5, 0.6) is 0 Å². The third-order valence-corrected chi connectivity index (χ3v) is 4.61. The second-order valence-electron chi connectivity index (χ2n) is 6.24. The van der Waals surface area contributed by atoms with E-state index in [1.165, 1.54) is 4.90 Å². The van der Waals surface area contributed by atoms with E-state index in [1.54, 1.807) is 24.3 Å². The van der Waals surface area contributed by atoms with E-state index in [0.29, 0.717) is 23.8 Å². The fraction of sp³-hybridized carbons (Fsp3) is 0.471. The van der Waals surface area contributed by atoms with Gasteiger partial charge in [-0.15, -0.1) is 0 Å². The van der Waals surface area contributed by atoms with E-state index in [0.717, 1.165) is 5.56 Å². The Morgan fingerprint density at radius 3 is 2.73 bits per heavy atom. The SMILES string of the molecule is O=C(CCc1nc(-c2ccc(Cl)cc2)no1)N1CCC[C@H](C(F)(F)F)C1. The molecule has 2 heterocycles. The van der Waals surface area contributed by atoms with Gasteiger partial charge in [0.05, 0.1) is 5.92 Å². The summed E-state index contributed by atoms with van der Waals surface area (Å²) in [5.74, 6) is -1.13. The zero-order valence-corrected chi connectivity index (χ0v) is 14.6. The maximum absolute atomic E-state index is 12.8. The molecular formula is C17H17ClF3N3O2. The van der Waals surface area contributed by atoms with Gasteiger partial charge in [0.25, 0.3) is 0 Å². The molecule has 26 heavy (non-hydrogen) atoms. The Labute approximate surface area is 153 Å². The van der Waals surface area contributed by atoms with Crippen molar-refractivity contribution >= 4 is 17.5 Å². The third-order valence-electron chi connectivity index (χ3n) is 4.36. The standard InChI is InChI=1S/C17H17ClF3N3O2/c18-13-5-3-11(4-6-13)16-22-14(26-23-16)7-8-15(25)24-9-1-2-12(10-24)17(19,20)21/h3-6,12H,1-2,7-10H2/t12-/m0/s1. The normalized spacial score (nSPS) is 18.2. The molecule has 1 amide bonds. The molecule has 3 rings (SSSR count). The fourth-order valence-corrected chi connectivity index (χ4v) is 3.04. The van der Waals surface area contributed by atoms with E-state index in [-0.39, 0.29) is 37.6 Å². The van der Waals surface area contributed by atoms with E-state index < -0.39 is 12.1 Å². The number of halogens is 4. The molecule has 0 aliphatic carbocycles. The lowest BCUT2D eigenvalue weighted by atomic mass is 9.97. The van der Waals surface area contributed by atoms with Crippen LogP contribution in [0.15, 0.2) is 28.8 Å². The van der Waals surface area contributed by atoms with Gasteiger partial charge in [-0.3, -0.25) is 4.79 Å². The van der Waals surface area contributed by atoms with Gasteiger partial charge in [0.2, 0.25) is 17.6 Å². The number of likely N-dealkylation sites (tertiary alicyclic amines) is 1. The third kappa shape index (κ3) is 4.55. The van der Waals surface area contributed by atoms with Gasteiger partial charge in [-0.05, 0) is 37.1 Å². The van der Waals surface area contributed by atoms with E-state index in [4.69, 9.17) is 16.1 Å². The van der Waals surface area contributed by atoms with Crippen LogP contribution in [0.4, 0.5) is 13.2 Å². The Kier molecular flexibility index (Phi) is 5.50. The minimum absolute atomic E-state index is 0.0346. The summed E-state index contributed by atoms with van der Waals surface area (Å²) in [6, 6.07) is 6.88. The maximum Gasteiger partial charge on any atom is 0.393 e. The van der Waals surface area contributed by atoms with Crippen molar-refractivity contribution in [1.82, 2.24) is 15.0 Å². The van der Waals surface area contributed by atoms with Crippen LogP contribution in [0, 0.1) is 5.92 Å². The molecule has 1 aliphatic rings. The van der Waals surface area contributed by atoms with Gasteiger partial charge in [-0.1, -0.05) is 16.8 Å². The first-order chi connectivity index (χ1) is 12.3. The smallest absolute Gasteiger partial charge is 0.342 e. The van der Waals surface area contributed by atoms with Crippen LogP contribution in [-0.4, -0.2) is 40.2 Å². The lowest BCUT2D eigenvalue weighted by Crippen LogP contribution is -2.44. The fourth-order valence-electron chi connectivity index (χ4n) is 2.92. The molecule has 9 heteroatoms. The van der Waals surface area contributed by atoms with Crippen molar-refractivity contribution in [1.29, 1.82) is 0 Å². The molecule has 1 aromatic carbocycles. The van der Waals surface area contributed by atoms with Crippen molar-refractivity contribution in [2.75, 3.05) is 13.1 Å². The zero-order valence-electron chi connectivity index (χ0n) is 13.8. The van der Waals surface area contributed by atoms with Crippen molar-refractivity contribution in [3.8, 4) is 11.4 Å². The quantitative estimate of drug-likeness (QED) is 0.791. The van der Waals surface area contributed by atoms with Crippen molar-refractivity contribution in [3.05, 3.63) is 35.2 Å². The highest BCUT2D eigenvalue weighted by Gasteiger charge is 2.42. The van der Waals surface area contributed by atoms with Crippen LogP contribution in [0.25, 0.3) is 11.4 Å². The van der Waals surface area contributed by atoms with Gasteiger partial charge >= 0.3 is 6.18 Å². The molecule has 1 atom stereocenters. The molecule has 0 spiro atoms. The molecule has 2 aromatic rings. The molecule has 5 nitrogen and oxygen atoms in total. The summed E-state index contributed by atoms with van der Waals surface area (Å²) in [6.07, 6.45) is -3.61. The molecule has 1 aliphatic heterocycles. The van der Waals surface area contributed by atoms with Crippen LogP contribution in [0.2, 0.25) is 5.02 Å². The number of hydrogen-bond donors (Lipinski definition) is 0. The molecule has 0 N–H and O–H groups in total. The number of benzene rings is 1. The van der Waals surface area contributed by atoms with E-state index in [1.807, 2.05) is 0 Å². The van der Waals surface area contributed by atoms with Gasteiger partial charge in [0, 0.05) is 36.5 Å². The average molecular weight is 388 g/mol. The number of carbonyl (C=O) groups excluding carboxylic acids is 1. The number of aryl methyl sites for hydroxylation is 1. The second-order valence-corrected chi connectivity index (χ2v) is 6.68. The largest absolute Gasteiger partial charge is 0.393 e. The topological polar surface area (TPSA) is 59.2 Å². The number of amides is 1. The van der Waals surface area contributed by atoms with Crippen molar-refractivity contribution < 1.29 is 22.5 Å². The molecule has 1 fully saturated rings. The number of piperidine rings is 1. The minimum atomic E-state index is -4.26. The Balaban J connectivity index is 1.56. The first-order valence-corrected chi connectivity index (χ1v) is 8.64. The molecular weight excluding hydrogens is 371 g/mol. The summed E-state index contributed by atoms with van der Waals surface area (Å²) < 4.78 is 43.6. The first-order valence-electron chi connectivity index (χ1n) is 8.26. The summed E-state index contributed by atoms with van der Waals surface area (Å²) in [4.78, 5) is 17.7. The van der Waals surface area contributed by atoms with Gasteiger partial charge in [0.15, 0.2) is 0 Å². The maximum atomic E-state index is 12.8. The molecule has 140 valence electrons. The number of rotatable bonds is 4. The Morgan fingerprint density at radius 2 is 2.04 bits per heavy atom. The van der Waals surface area contributed by atoms with E-state index >= 15 is 0 Å². The summed E-state index contributed by atoms with van der Waals surface area (Å²) in [6.45, 7) is 0.0768. The van der Waals surface area contributed by atoms with E-state index in [9.17, 15) is 18.0 Å². The number of aromatic nitrogens is 2. The molecule has 0 radical (unpaired) electrons. The summed E-state index contributed by atoms with van der Waals surface area (Å²) in [5, 5.41) is 4.43. The Morgan fingerprint density at radius 1 is 1.31 bits per heavy atom. The number of alkyl halides is 3. The Hall–Kier alpha value is -2.09. The lowest BCUT2D eigenvalue weighted by Gasteiger charge is -2.33. The number of nitrogens with zero attached hydrogens (tertiary/aromatic N) is 3. The molecule has 0 saturated carbocycles. The Bertz CT molecular complexity index is 761. The van der Waals surface area contributed by atoms with Crippen LogP contribution < -0.4 is 0 Å². The zero-order chi connectivity index (χ0) is 18.7. The van der Waals surface area contributed by atoms with E-state index in [2.05, 4.69) is 10.1 Å². The highest BCUT2D eigenvalue weighted by molar-refractivity contribution is 6.30. The molecule has 0 bridgehead atoms. The molecule has 1 aromatic heterocycles. The summed E-state index contributed by atoms with van der Waals surface area (Å²) in [7, 11) is 0. The molecule has 0 unspecified atom stereocenters. The minimum Gasteiger partial charge on any atom is -0.342 e. The van der Waals surface area contributed by atoms with Crippen LogP contribution >= 0.6 is 11.6 Å². The second kappa shape index (κ2) is 7.65. The van der Waals surface area contributed by atoms with Crippen LogP contribution in [0.1, 0.15) is 25.2 Å². The van der Waals surface area contributed by atoms with Gasteiger partial charge in [-0.2, -0.15) is 18.2 Å². The van der Waals surface area contributed by atoms with Crippen LogP contribution in [-0.2, 0) is 11.2 Å². The first kappa shape index (κ1) is 18.7. The molecule has 1 saturated heterocycles. The highest BCUT2D eigenvalue weighted by Crippen LogP contribution is 2.33. The van der Waals surface area contributed by atoms with Crippen molar-refractivity contribution in [2.24, 2.45) is 5.92 Å². The monoisotopic (exact) mass is 387 g/mol. The highest BCUT2D eigenvalue weighted by atomic mass is 35.5. The predicted molar refractivity (Wildman–Crippen MR) is 88.4 cm³/mol. The van der Waals surface area contributed by atoms with Gasteiger partial charge in [-0.25, -0.2) is 0 Å². The van der Waals surface area contributed by atoms with Crippen molar-refractivity contribution in [2.45, 2.75) is 31.9 Å². The van der Waals surface area contributed by atoms with Gasteiger partial charge < -0.3 is 9.42 Å². The predicted octanol–water partition coefficient (Wildman–Crippen LogP) is 4.12. The lowest BCUT2D eigenvalue weighted by molar-refractivity contribution is -0.188. The van der Waals surface area contributed by atoms with Crippen LogP contribution in [0.3, 0.4) is 0 Å². The van der Waals surface area contributed by atoms with Crippen molar-refractivity contribution in [3.63, 3.8) is 0 Å². The summed E-state index contributed by atoms with van der Waals surface area (Å²) in [5.41, 5.74) is 0.722. The average Bonchev–Trinajstić information content (AvgIpc) is 3.08. The summed E-state index contributed by atoms with van der Waals surface area (Å²) >= 11 is 5.82. The van der Waals surface area contributed by atoms with Gasteiger partial charge in [0.1, 0.15) is 0 Å². The number of carbonyl (C=O) groups is 1.